The summed E-state index contributed by atoms with van der Waals surface area (Å²) < 4.78 is 5.28. The molecule has 2 rings (SSSR count). The number of aliphatic hydroxyl groups excluding tert-OH is 1. The Kier molecular flexibility index (Phi) is 3.79. The highest BCUT2D eigenvalue weighted by atomic mass is 16.5. The summed E-state index contributed by atoms with van der Waals surface area (Å²) in [6.45, 7) is 2.29. The molecule has 1 heterocycles. The lowest BCUT2D eigenvalue weighted by atomic mass is 10.1. The standard InChI is InChI=1S/C14H15NO3/c1-2-18-13-9-10(6-7-12(13)16)14(17)11-5-3-4-8-15-11/h3-9,14,16-17H,2H2,1H3/t14-/m0/s1. The second kappa shape index (κ2) is 5.51. The highest BCUT2D eigenvalue weighted by Gasteiger charge is 2.13. The number of ether oxygens (including phenoxy) is 1. The molecule has 94 valence electrons. The predicted molar refractivity (Wildman–Crippen MR) is 67.6 cm³/mol. The van der Waals surface area contributed by atoms with Gasteiger partial charge in [-0.1, -0.05) is 12.1 Å². The number of aromatic hydroxyl groups is 1. The van der Waals surface area contributed by atoms with Crippen LogP contribution in [0.1, 0.15) is 24.3 Å². The molecule has 0 saturated carbocycles. The summed E-state index contributed by atoms with van der Waals surface area (Å²) in [5, 5.41) is 19.8. The van der Waals surface area contributed by atoms with Gasteiger partial charge in [-0.3, -0.25) is 4.98 Å². The van der Waals surface area contributed by atoms with Crippen LogP contribution in [-0.4, -0.2) is 21.8 Å². The third-order valence-corrected chi connectivity index (χ3v) is 2.57. The maximum atomic E-state index is 10.2. The van der Waals surface area contributed by atoms with E-state index in [1.165, 1.54) is 6.07 Å². The van der Waals surface area contributed by atoms with Crippen LogP contribution >= 0.6 is 0 Å². The Hall–Kier alpha value is -2.07. The number of hydrogen-bond acceptors (Lipinski definition) is 4. The Morgan fingerprint density at radius 1 is 1.28 bits per heavy atom. The minimum absolute atomic E-state index is 0.0637. The molecule has 0 saturated heterocycles. The average Bonchev–Trinajstić information content (AvgIpc) is 2.42. The molecule has 0 bridgehead atoms. The zero-order chi connectivity index (χ0) is 13.0. The number of phenols is 1. The average molecular weight is 245 g/mol. The van der Waals surface area contributed by atoms with Crippen LogP contribution in [0.15, 0.2) is 42.6 Å². The molecule has 2 N–H and O–H groups in total. The molecule has 1 aromatic carbocycles. The predicted octanol–water partition coefficient (Wildman–Crippen LogP) is 2.27. The number of pyridine rings is 1. The molecule has 0 amide bonds. The molecule has 4 nitrogen and oxygen atoms in total. The number of rotatable bonds is 4. The molecule has 0 aliphatic heterocycles. The van der Waals surface area contributed by atoms with E-state index >= 15 is 0 Å². The zero-order valence-electron chi connectivity index (χ0n) is 10.1. The fraction of sp³-hybridized carbons (Fsp3) is 0.214. The maximum Gasteiger partial charge on any atom is 0.161 e. The lowest BCUT2D eigenvalue weighted by molar-refractivity contribution is 0.214. The van der Waals surface area contributed by atoms with E-state index in [2.05, 4.69) is 4.98 Å². The smallest absolute Gasteiger partial charge is 0.161 e. The number of phenolic OH excluding ortho intramolecular Hbond substituents is 1. The SMILES string of the molecule is CCOc1cc([C@H](O)c2ccccn2)ccc1O. The Morgan fingerprint density at radius 2 is 2.11 bits per heavy atom. The second-order valence-corrected chi connectivity index (χ2v) is 3.82. The van der Waals surface area contributed by atoms with Crippen molar-refractivity contribution in [2.24, 2.45) is 0 Å². The van der Waals surface area contributed by atoms with Gasteiger partial charge in [0.2, 0.25) is 0 Å². The van der Waals surface area contributed by atoms with Crippen LogP contribution in [0, 0.1) is 0 Å². The number of aromatic nitrogens is 1. The van der Waals surface area contributed by atoms with Crippen LogP contribution in [0.4, 0.5) is 0 Å². The van der Waals surface area contributed by atoms with Gasteiger partial charge in [-0.15, -0.1) is 0 Å². The first-order valence-electron chi connectivity index (χ1n) is 5.77. The van der Waals surface area contributed by atoms with E-state index in [1.807, 2.05) is 13.0 Å². The van der Waals surface area contributed by atoms with Crippen molar-refractivity contribution in [3.8, 4) is 11.5 Å². The fourth-order valence-electron chi connectivity index (χ4n) is 1.68. The Labute approximate surface area is 106 Å². The minimum atomic E-state index is -0.828. The third-order valence-electron chi connectivity index (χ3n) is 2.57. The van der Waals surface area contributed by atoms with Crippen molar-refractivity contribution in [3.05, 3.63) is 53.9 Å². The van der Waals surface area contributed by atoms with Crippen LogP contribution in [0.3, 0.4) is 0 Å². The van der Waals surface area contributed by atoms with Gasteiger partial charge in [-0.05, 0) is 36.8 Å². The highest BCUT2D eigenvalue weighted by Crippen LogP contribution is 2.31. The van der Waals surface area contributed by atoms with Gasteiger partial charge in [0.1, 0.15) is 6.10 Å². The third kappa shape index (κ3) is 2.60. The summed E-state index contributed by atoms with van der Waals surface area (Å²) in [6, 6.07) is 10.1. The lowest BCUT2D eigenvalue weighted by Crippen LogP contribution is -2.02. The monoisotopic (exact) mass is 245 g/mol. The molecule has 0 radical (unpaired) electrons. The Bertz CT molecular complexity index is 514. The van der Waals surface area contributed by atoms with Gasteiger partial charge in [-0.25, -0.2) is 0 Å². The molecule has 0 aliphatic carbocycles. The van der Waals surface area contributed by atoms with Crippen LogP contribution in [0.5, 0.6) is 11.5 Å². The van der Waals surface area contributed by atoms with E-state index in [0.717, 1.165) is 0 Å². The molecule has 1 aromatic heterocycles. The summed E-state index contributed by atoms with van der Waals surface area (Å²) in [7, 11) is 0. The lowest BCUT2D eigenvalue weighted by Gasteiger charge is -2.13. The molecule has 1 atom stereocenters. The van der Waals surface area contributed by atoms with Crippen molar-refractivity contribution in [2.75, 3.05) is 6.61 Å². The second-order valence-electron chi connectivity index (χ2n) is 3.82. The summed E-state index contributed by atoms with van der Waals surface area (Å²) in [4.78, 5) is 4.10. The molecule has 2 aromatic rings. The maximum absolute atomic E-state index is 10.2. The summed E-state index contributed by atoms with van der Waals surface area (Å²) in [5.41, 5.74) is 1.19. The summed E-state index contributed by atoms with van der Waals surface area (Å²) in [5.74, 6) is 0.429. The first-order valence-corrected chi connectivity index (χ1v) is 5.77. The van der Waals surface area contributed by atoms with Gasteiger partial charge < -0.3 is 14.9 Å². The van der Waals surface area contributed by atoms with Gasteiger partial charge in [0, 0.05) is 6.20 Å². The van der Waals surface area contributed by atoms with Crippen LogP contribution in [-0.2, 0) is 0 Å². The quantitative estimate of drug-likeness (QED) is 0.867. The molecular weight excluding hydrogens is 230 g/mol. The first-order chi connectivity index (χ1) is 8.72. The summed E-state index contributed by atoms with van der Waals surface area (Å²) >= 11 is 0. The van der Waals surface area contributed by atoms with Gasteiger partial charge >= 0.3 is 0 Å². The molecular formula is C14H15NO3. The minimum Gasteiger partial charge on any atom is -0.504 e. The van der Waals surface area contributed by atoms with E-state index in [1.54, 1.807) is 30.5 Å². The largest absolute Gasteiger partial charge is 0.504 e. The van der Waals surface area contributed by atoms with Gasteiger partial charge in [0.25, 0.3) is 0 Å². The van der Waals surface area contributed by atoms with Crippen molar-refractivity contribution >= 4 is 0 Å². The molecule has 18 heavy (non-hydrogen) atoms. The van der Waals surface area contributed by atoms with Crippen molar-refractivity contribution in [1.82, 2.24) is 4.98 Å². The molecule has 0 fully saturated rings. The van der Waals surface area contributed by atoms with E-state index < -0.39 is 6.10 Å². The van der Waals surface area contributed by atoms with Crippen LogP contribution in [0.25, 0.3) is 0 Å². The van der Waals surface area contributed by atoms with Gasteiger partial charge in [0.15, 0.2) is 11.5 Å². The van der Waals surface area contributed by atoms with E-state index in [4.69, 9.17) is 4.74 Å². The van der Waals surface area contributed by atoms with E-state index in [9.17, 15) is 10.2 Å². The Balaban J connectivity index is 2.31. The fourth-order valence-corrected chi connectivity index (χ4v) is 1.68. The number of nitrogens with zero attached hydrogens (tertiary/aromatic N) is 1. The van der Waals surface area contributed by atoms with E-state index in [0.29, 0.717) is 23.6 Å². The van der Waals surface area contributed by atoms with Gasteiger partial charge in [0.05, 0.1) is 12.3 Å². The summed E-state index contributed by atoms with van der Waals surface area (Å²) in [6.07, 6.45) is 0.800. The number of aliphatic hydroxyl groups is 1. The molecule has 4 heteroatoms. The highest BCUT2D eigenvalue weighted by molar-refractivity contribution is 5.43. The Morgan fingerprint density at radius 3 is 2.78 bits per heavy atom. The molecule has 0 aliphatic rings. The topological polar surface area (TPSA) is 62.6 Å². The van der Waals surface area contributed by atoms with Crippen molar-refractivity contribution < 1.29 is 14.9 Å². The van der Waals surface area contributed by atoms with E-state index in [-0.39, 0.29) is 5.75 Å². The van der Waals surface area contributed by atoms with Crippen molar-refractivity contribution in [2.45, 2.75) is 13.0 Å². The normalized spacial score (nSPS) is 12.1. The first kappa shape index (κ1) is 12.4. The molecule has 0 spiro atoms. The van der Waals surface area contributed by atoms with Crippen molar-refractivity contribution in [3.63, 3.8) is 0 Å². The van der Waals surface area contributed by atoms with Gasteiger partial charge in [-0.2, -0.15) is 0 Å². The number of hydrogen-bond donors (Lipinski definition) is 2. The van der Waals surface area contributed by atoms with Crippen molar-refractivity contribution in [1.29, 1.82) is 0 Å². The molecule has 0 unspecified atom stereocenters. The van der Waals surface area contributed by atoms with Crippen LogP contribution in [0.2, 0.25) is 0 Å². The zero-order valence-corrected chi connectivity index (χ0v) is 10.1. The number of benzene rings is 1. The van der Waals surface area contributed by atoms with Crippen LogP contribution < -0.4 is 4.74 Å².